The number of benzene rings is 1. The molecule has 1 saturated heterocycles. The molecule has 1 saturated carbocycles. The van der Waals surface area contributed by atoms with E-state index in [2.05, 4.69) is 5.32 Å². The van der Waals surface area contributed by atoms with Gasteiger partial charge in [-0.25, -0.2) is 0 Å². The van der Waals surface area contributed by atoms with Crippen LogP contribution in [0.5, 0.6) is 0 Å². The lowest BCUT2D eigenvalue weighted by atomic mass is 10.0. The van der Waals surface area contributed by atoms with E-state index in [4.69, 9.17) is 23.2 Å². The zero-order valence-electron chi connectivity index (χ0n) is 14.2. The van der Waals surface area contributed by atoms with Gasteiger partial charge in [0.25, 0.3) is 0 Å². The van der Waals surface area contributed by atoms with Gasteiger partial charge in [-0.1, -0.05) is 28.8 Å². The van der Waals surface area contributed by atoms with Crippen LogP contribution in [-0.4, -0.2) is 29.3 Å². The summed E-state index contributed by atoms with van der Waals surface area (Å²) >= 11 is 12.0. The first-order chi connectivity index (χ1) is 12.0. The zero-order chi connectivity index (χ0) is 18.0. The molecule has 3 rings (SSSR count). The van der Waals surface area contributed by atoms with Crippen LogP contribution in [0.1, 0.15) is 39.0 Å². The van der Waals surface area contributed by atoms with Gasteiger partial charge in [-0.2, -0.15) is 0 Å². The summed E-state index contributed by atoms with van der Waals surface area (Å²) in [6, 6.07) is 4.48. The quantitative estimate of drug-likeness (QED) is 0.771. The van der Waals surface area contributed by atoms with Gasteiger partial charge in [-0.15, -0.1) is 0 Å². The predicted octanol–water partition coefficient (Wildman–Crippen LogP) is 4.67. The lowest BCUT2D eigenvalue weighted by Crippen LogP contribution is -2.49. The maximum absolute atomic E-state index is 12.7. The Balaban J connectivity index is 1.72. The second-order valence-corrected chi connectivity index (χ2v) is 7.66. The van der Waals surface area contributed by atoms with E-state index >= 15 is 0 Å². The van der Waals surface area contributed by atoms with Crippen LogP contribution in [-0.2, 0) is 9.59 Å². The first-order valence-corrected chi connectivity index (χ1v) is 9.46. The molecular weight excluding hydrogens is 359 g/mol. The Kier molecular flexibility index (Phi) is 5.70. The number of nitrogens with one attached hydrogen (secondary N) is 1. The van der Waals surface area contributed by atoms with E-state index in [-0.39, 0.29) is 11.8 Å². The minimum Gasteiger partial charge on any atom is -0.327 e. The number of rotatable bonds is 4. The van der Waals surface area contributed by atoms with Crippen LogP contribution in [0.4, 0.5) is 5.69 Å². The summed E-state index contributed by atoms with van der Waals surface area (Å²) in [5.74, 6) is 0.287. The molecule has 2 fully saturated rings. The highest BCUT2D eigenvalue weighted by molar-refractivity contribution is 6.36. The zero-order valence-corrected chi connectivity index (χ0v) is 15.7. The number of piperidine rings is 1. The maximum Gasteiger partial charge on any atom is 0.247 e. The number of hydrogen-bond donors (Lipinski definition) is 1. The third-order valence-electron chi connectivity index (χ3n) is 4.85. The van der Waals surface area contributed by atoms with E-state index in [1.54, 1.807) is 29.2 Å². The highest BCUT2D eigenvalue weighted by Crippen LogP contribution is 2.36. The van der Waals surface area contributed by atoms with Crippen LogP contribution in [0, 0.1) is 5.92 Å². The number of hydrogen-bond acceptors (Lipinski definition) is 2. The van der Waals surface area contributed by atoms with Gasteiger partial charge in [-0.05, 0) is 63.1 Å². The molecule has 1 aromatic rings. The Hall–Kier alpha value is -1.52. The van der Waals surface area contributed by atoms with Gasteiger partial charge in [0.15, 0.2) is 0 Å². The number of nitrogens with zero attached hydrogens (tertiary/aromatic N) is 1. The number of likely N-dealkylation sites (tertiary alicyclic amines) is 1. The molecule has 1 aliphatic carbocycles. The monoisotopic (exact) mass is 380 g/mol. The standard InChI is InChI=1S/C19H22Cl2N2O2/c1-12(13-5-6-13)10-18(24)23-9-3-2-4-17(23)19(25)22-16-8-7-14(20)11-15(16)21/h7-8,10-11,13,17H,2-6,9H2,1H3,(H,22,25)/b12-10-/t17-/m0/s1. The molecular formula is C19H22Cl2N2O2. The highest BCUT2D eigenvalue weighted by atomic mass is 35.5. The van der Waals surface area contributed by atoms with Gasteiger partial charge in [0.05, 0.1) is 10.7 Å². The average Bonchev–Trinajstić information content (AvgIpc) is 3.42. The third-order valence-corrected chi connectivity index (χ3v) is 5.40. The Morgan fingerprint density at radius 1 is 1.20 bits per heavy atom. The van der Waals surface area contributed by atoms with Crippen LogP contribution in [0.3, 0.4) is 0 Å². The van der Waals surface area contributed by atoms with E-state index < -0.39 is 6.04 Å². The number of anilines is 1. The SMILES string of the molecule is C/C(=C/C(=O)N1CCCC[C@H]1C(=O)Nc1ccc(Cl)cc1Cl)C1CC1. The van der Waals surface area contributed by atoms with Crippen molar-refractivity contribution in [2.45, 2.75) is 45.1 Å². The third kappa shape index (κ3) is 4.56. The van der Waals surface area contributed by atoms with Crippen molar-refractivity contribution >= 4 is 40.7 Å². The smallest absolute Gasteiger partial charge is 0.247 e. The first kappa shape index (κ1) is 18.3. The molecule has 1 aliphatic heterocycles. The molecule has 0 unspecified atom stereocenters. The second-order valence-electron chi connectivity index (χ2n) is 6.82. The lowest BCUT2D eigenvalue weighted by molar-refractivity contribution is -0.136. The molecule has 25 heavy (non-hydrogen) atoms. The van der Waals surface area contributed by atoms with Crippen molar-refractivity contribution in [3.63, 3.8) is 0 Å². The summed E-state index contributed by atoms with van der Waals surface area (Å²) in [5, 5.41) is 3.74. The Bertz CT molecular complexity index is 713. The van der Waals surface area contributed by atoms with Crippen LogP contribution in [0.25, 0.3) is 0 Å². The predicted molar refractivity (Wildman–Crippen MR) is 101 cm³/mol. The Morgan fingerprint density at radius 3 is 2.64 bits per heavy atom. The van der Waals surface area contributed by atoms with E-state index in [1.165, 1.54) is 0 Å². The summed E-state index contributed by atoms with van der Waals surface area (Å²) in [4.78, 5) is 27.1. The van der Waals surface area contributed by atoms with E-state index in [1.807, 2.05) is 6.92 Å². The fraction of sp³-hybridized carbons (Fsp3) is 0.474. The molecule has 6 heteroatoms. The van der Waals surface area contributed by atoms with E-state index in [0.29, 0.717) is 34.6 Å². The van der Waals surface area contributed by atoms with Gasteiger partial charge in [0.2, 0.25) is 11.8 Å². The van der Waals surface area contributed by atoms with Crippen LogP contribution in [0.2, 0.25) is 10.0 Å². The average molecular weight is 381 g/mol. The number of carbonyl (C=O) groups is 2. The number of allylic oxidation sites excluding steroid dienone is 1. The van der Waals surface area contributed by atoms with Crippen molar-refractivity contribution in [2.24, 2.45) is 5.92 Å². The molecule has 0 spiro atoms. The summed E-state index contributed by atoms with van der Waals surface area (Å²) in [5.41, 5.74) is 1.63. The van der Waals surface area contributed by atoms with E-state index in [0.717, 1.165) is 31.3 Å². The fourth-order valence-electron chi connectivity index (χ4n) is 3.21. The van der Waals surface area contributed by atoms with Crippen molar-refractivity contribution in [3.05, 3.63) is 39.9 Å². The number of carbonyl (C=O) groups excluding carboxylic acids is 2. The molecule has 2 aliphatic rings. The molecule has 1 atom stereocenters. The summed E-state index contributed by atoms with van der Waals surface area (Å²) in [6.45, 7) is 2.61. The van der Waals surface area contributed by atoms with E-state index in [9.17, 15) is 9.59 Å². The summed E-state index contributed by atoms with van der Waals surface area (Å²) in [7, 11) is 0. The van der Waals surface area contributed by atoms with Crippen molar-refractivity contribution in [3.8, 4) is 0 Å². The van der Waals surface area contributed by atoms with Crippen molar-refractivity contribution in [1.82, 2.24) is 4.90 Å². The first-order valence-electron chi connectivity index (χ1n) is 8.70. The van der Waals surface area contributed by atoms with Gasteiger partial charge in [0, 0.05) is 17.6 Å². The molecule has 0 aromatic heterocycles. The van der Waals surface area contributed by atoms with Gasteiger partial charge < -0.3 is 10.2 Å². The maximum atomic E-state index is 12.7. The minimum atomic E-state index is -0.462. The molecule has 1 N–H and O–H groups in total. The number of halogens is 2. The fourth-order valence-corrected chi connectivity index (χ4v) is 3.66. The highest BCUT2D eigenvalue weighted by Gasteiger charge is 2.32. The molecule has 0 radical (unpaired) electrons. The van der Waals surface area contributed by atoms with Crippen LogP contribution >= 0.6 is 23.2 Å². The van der Waals surface area contributed by atoms with Crippen molar-refractivity contribution in [1.29, 1.82) is 0 Å². The van der Waals surface area contributed by atoms with Crippen LogP contribution < -0.4 is 5.32 Å². The largest absolute Gasteiger partial charge is 0.327 e. The molecule has 1 aromatic carbocycles. The minimum absolute atomic E-state index is 0.0635. The van der Waals surface area contributed by atoms with Gasteiger partial charge in [-0.3, -0.25) is 9.59 Å². The molecule has 2 amide bonds. The summed E-state index contributed by atoms with van der Waals surface area (Å²) < 4.78 is 0. The van der Waals surface area contributed by atoms with Crippen LogP contribution in [0.15, 0.2) is 29.8 Å². The van der Waals surface area contributed by atoms with Gasteiger partial charge in [0.1, 0.15) is 6.04 Å². The Morgan fingerprint density at radius 2 is 1.96 bits per heavy atom. The number of amides is 2. The molecule has 1 heterocycles. The lowest BCUT2D eigenvalue weighted by Gasteiger charge is -2.34. The molecule has 134 valence electrons. The topological polar surface area (TPSA) is 49.4 Å². The Labute approximate surface area is 158 Å². The van der Waals surface area contributed by atoms with Gasteiger partial charge >= 0.3 is 0 Å². The normalized spacial score (nSPS) is 21.2. The molecule has 0 bridgehead atoms. The second kappa shape index (κ2) is 7.79. The summed E-state index contributed by atoms with van der Waals surface area (Å²) in [6.07, 6.45) is 6.55. The van der Waals surface area contributed by atoms with Crippen molar-refractivity contribution < 1.29 is 9.59 Å². The molecule has 4 nitrogen and oxygen atoms in total. The van der Waals surface area contributed by atoms with Crippen molar-refractivity contribution in [2.75, 3.05) is 11.9 Å².